The Morgan fingerprint density at radius 1 is 0.881 bits per heavy atom. The molecule has 42 heavy (non-hydrogen) atoms. The molecule has 0 aliphatic heterocycles. The molecule has 1 aliphatic rings. The number of hydrogen-bond acceptors (Lipinski definition) is 4. The molecule has 0 saturated heterocycles. The Hall–Kier alpha value is -2.78. The number of hydrogen-bond donors (Lipinski definition) is 1. The molecule has 11 heteroatoms. The van der Waals surface area contributed by atoms with Gasteiger partial charge in [0.05, 0.1) is 22.0 Å². The Bertz CT molecular complexity index is 1480. The van der Waals surface area contributed by atoms with Gasteiger partial charge in [0, 0.05) is 24.0 Å². The highest BCUT2D eigenvalue weighted by atomic mass is 35.5. The maximum Gasteiger partial charge on any atom is 0.244 e. The van der Waals surface area contributed by atoms with E-state index >= 15 is 0 Å². The zero-order valence-electron chi connectivity index (χ0n) is 23.3. The number of nitrogens with one attached hydrogen (secondary N) is 1. The molecule has 0 radical (unpaired) electrons. The number of carbonyl (C=O) groups excluding carboxylic acids is 2. The number of benzene rings is 3. The van der Waals surface area contributed by atoms with Crippen LogP contribution in [0, 0.1) is 0 Å². The summed E-state index contributed by atoms with van der Waals surface area (Å²) in [4.78, 5) is 29.6. The number of amides is 2. The van der Waals surface area contributed by atoms with E-state index in [0.717, 1.165) is 53.8 Å². The third-order valence-electron chi connectivity index (χ3n) is 7.37. The molecule has 1 fully saturated rings. The van der Waals surface area contributed by atoms with Gasteiger partial charge in [0.25, 0.3) is 0 Å². The molecule has 0 bridgehead atoms. The van der Waals surface area contributed by atoms with E-state index in [1.807, 2.05) is 30.3 Å². The van der Waals surface area contributed by atoms with Gasteiger partial charge in [-0.2, -0.15) is 0 Å². The average molecular weight is 651 g/mol. The second-order valence-corrected chi connectivity index (χ2v) is 13.7. The van der Waals surface area contributed by atoms with E-state index in [1.165, 1.54) is 17.0 Å². The molecular formula is C31H34Cl3N3O4S. The average Bonchev–Trinajstić information content (AvgIpc) is 2.96. The summed E-state index contributed by atoms with van der Waals surface area (Å²) in [5, 5.41) is 3.88. The summed E-state index contributed by atoms with van der Waals surface area (Å²) in [6.07, 6.45) is 6.20. The van der Waals surface area contributed by atoms with Gasteiger partial charge < -0.3 is 10.2 Å². The van der Waals surface area contributed by atoms with Gasteiger partial charge in [-0.25, -0.2) is 8.42 Å². The molecule has 224 valence electrons. The van der Waals surface area contributed by atoms with E-state index < -0.39 is 28.5 Å². The molecule has 1 unspecified atom stereocenters. The first-order valence-electron chi connectivity index (χ1n) is 13.8. The van der Waals surface area contributed by atoms with Crippen LogP contribution in [-0.2, 0) is 32.6 Å². The summed E-state index contributed by atoms with van der Waals surface area (Å²) in [5.41, 5.74) is 1.69. The van der Waals surface area contributed by atoms with Gasteiger partial charge in [0.2, 0.25) is 21.8 Å². The normalized spacial score (nSPS) is 14.7. The van der Waals surface area contributed by atoms with Crippen molar-refractivity contribution >= 4 is 62.3 Å². The van der Waals surface area contributed by atoms with Crippen molar-refractivity contribution in [3.8, 4) is 0 Å². The van der Waals surface area contributed by atoms with Crippen LogP contribution in [0.1, 0.15) is 43.2 Å². The molecule has 4 rings (SSSR count). The van der Waals surface area contributed by atoms with E-state index in [2.05, 4.69) is 5.32 Å². The molecule has 1 atom stereocenters. The van der Waals surface area contributed by atoms with Gasteiger partial charge in [-0.3, -0.25) is 13.9 Å². The van der Waals surface area contributed by atoms with Gasteiger partial charge in [0.1, 0.15) is 12.6 Å². The van der Waals surface area contributed by atoms with Crippen molar-refractivity contribution in [3.05, 3.63) is 99.0 Å². The fourth-order valence-corrected chi connectivity index (χ4v) is 6.59. The van der Waals surface area contributed by atoms with Crippen molar-refractivity contribution in [3.63, 3.8) is 0 Å². The van der Waals surface area contributed by atoms with E-state index in [9.17, 15) is 18.0 Å². The summed E-state index contributed by atoms with van der Waals surface area (Å²) in [5.74, 6) is -0.842. The third-order valence-corrected chi connectivity index (χ3v) is 9.56. The smallest absolute Gasteiger partial charge is 0.244 e. The van der Waals surface area contributed by atoms with Crippen molar-refractivity contribution in [2.45, 2.75) is 57.2 Å². The maximum atomic E-state index is 14.2. The lowest BCUT2D eigenvalue weighted by molar-refractivity contribution is -0.140. The lowest BCUT2D eigenvalue weighted by atomic mass is 9.94. The highest BCUT2D eigenvalue weighted by Crippen LogP contribution is 2.34. The quantitative estimate of drug-likeness (QED) is 0.257. The standard InChI is InChI=1S/C31H34Cl3N3O4S/c1-42(40,41)37(27-14-8-13-26(33)30(27)34)21-29(38)36(20-23-15-17-24(32)18-16-23)28(19-22-9-4-2-5-10-22)31(39)35-25-11-6-3-7-12-25/h2,4-5,8-10,13-18,25,28H,3,6-7,11-12,19-21H2,1H3,(H,35,39). The molecule has 2 amide bonds. The van der Waals surface area contributed by atoms with Crippen LogP contribution >= 0.6 is 34.8 Å². The predicted octanol–water partition coefficient (Wildman–Crippen LogP) is 6.50. The summed E-state index contributed by atoms with van der Waals surface area (Å²) >= 11 is 18.7. The van der Waals surface area contributed by atoms with Gasteiger partial charge in [-0.15, -0.1) is 0 Å². The molecule has 0 aromatic heterocycles. The summed E-state index contributed by atoms with van der Waals surface area (Å²) in [6.45, 7) is -0.513. The number of anilines is 1. The molecule has 3 aromatic carbocycles. The number of halogens is 3. The van der Waals surface area contributed by atoms with Crippen LogP contribution in [0.3, 0.4) is 0 Å². The molecule has 0 heterocycles. The van der Waals surface area contributed by atoms with Crippen molar-refractivity contribution in [2.24, 2.45) is 0 Å². The van der Waals surface area contributed by atoms with Crippen LogP contribution in [0.4, 0.5) is 5.69 Å². The lowest BCUT2D eigenvalue weighted by Crippen LogP contribution is -2.55. The molecule has 1 N–H and O–H groups in total. The lowest BCUT2D eigenvalue weighted by Gasteiger charge is -2.35. The van der Waals surface area contributed by atoms with Crippen LogP contribution in [0.25, 0.3) is 0 Å². The second-order valence-electron chi connectivity index (χ2n) is 10.5. The fourth-order valence-electron chi connectivity index (χ4n) is 5.16. The first-order valence-corrected chi connectivity index (χ1v) is 16.8. The van der Waals surface area contributed by atoms with E-state index in [4.69, 9.17) is 34.8 Å². The number of sulfonamides is 1. The number of carbonyl (C=O) groups is 2. The van der Waals surface area contributed by atoms with Crippen molar-refractivity contribution in [1.29, 1.82) is 0 Å². The summed E-state index contributed by atoms with van der Waals surface area (Å²) in [6, 6.07) is 20.1. The minimum Gasteiger partial charge on any atom is -0.352 e. The van der Waals surface area contributed by atoms with E-state index in [0.29, 0.717) is 5.02 Å². The Morgan fingerprint density at radius 2 is 1.55 bits per heavy atom. The summed E-state index contributed by atoms with van der Waals surface area (Å²) < 4.78 is 26.9. The number of rotatable bonds is 11. The zero-order chi connectivity index (χ0) is 30.3. The summed E-state index contributed by atoms with van der Waals surface area (Å²) in [7, 11) is -3.97. The molecule has 3 aromatic rings. The molecule has 7 nitrogen and oxygen atoms in total. The zero-order valence-corrected chi connectivity index (χ0v) is 26.4. The molecule has 1 saturated carbocycles. The topological polar surface area (TPSA) is 86.8 Å². The number of nitrogens with zero attached hydrogens (tertiary/aromatic N) is 2. The van der Waals surface area contributed by atoms with Crippen molar-refractivity contribution in [1.82, 2.24) is 10.2 Å². The highest BCUT2D eigenvalue weighted by molar-refractivity contribution is 7.92. The van der Waals surface area contributed by atoms with Crippen LogP contribution in [0.2, 0.25) is 15.1 Å². The van der Waals surface area contributed by atoms with Crippen molar-refractivity contribution in [2.75, 3.05) is 17.1 Å². The Morgan fingerprint density at radius 3 is 2.19 bits per heavy atom. The molecule has 1 aliphatic carbocycles. The largest absolute Gasteiger partial charge is 0.352 e. The van der Waals surface area contributed by atoms with Gasteiger partial charge >= 0.3 is 0 Å². The fraction of sp³-hybridized carbons (Fsp3) is 0.355. The molecule has 0 spiro atoms. The Kier molecular flexibility index (Phi) is 11.2. The van der Waals surface area contributed by atoms with Crippen molar-refractivity contribution < 1.29 is 18.0 Å². The monoisotopic (exact) mass is 649 g/mol. The minimum absolute atomic E-state index is 0.0116. The highest BCUT2D eigenvalue weighted by Gasteiger charge is 2.34. The van der Waals surface area contributed by atoms with Gasteiger partial charge in [0.15, 0.2) is 0 Å². The third kappa shape index (κ3) is 8.63. The second kappa shape index (κ2) is 14.6. The maximum absolute atomic E-state index is 14.2. The Labute approximate surface area is 262 Å². The minimum atomic E-state index is -3.97. The van der Waals surface area contributed by atoms with Crippen LogP contribution < -0.4 is 9.62 Å². The first-order chi connectivity index (χ1) is 20.0. The van der Waals surface area contributed by atoms with Crippen LogP contribution in [-0.4, -0.2) is 50.0 Å². The van der Waals surface area contributed by atoms with Crippen LogP contribution in [0.15, 0.2) is 72.8 Å². The van der Waals surface area contributed by atoms with Gasteiger partial charge in [-0.1, -0.05) is 103 Å². The predicted molar refractivity (Wildman–Crippen MR) is 170 cm³/mol. The van der Waals surface area contributed by atoms with E-state index in [1.54, 1.807) is 30.3 Å². The SMILES string of the molecule is CS(=O)(=O)N(CC(=O)N(Cc1ccc(Cl)cc1)C(Cc1ccccc1)C(=O)NC1CCCCC1)c1cccc(Cl)c1Cl. The van der Waals surface area contributed by atoms with Gasteiger partial charge in [-0.05, 0) is 48.2 Å². The van der Waals surface area contributed by atoms with E-state index in [-0.39, 0.29) is 40.6 Å². The van der Waals surface area contributed by atoms with Crippen LogP contribution in [0.5, 0.6) is 0 Å². The Balaban J connectivity index is 1.73. The molecular weight excluding hydrogens is 617 g/mol. The first kappa shape index (κ1) is 32.1.